The minimum atomic E-state index is -2.93. The Morgan fingerprint density at radius 2 is 2.13 bits per heavy atom. The number of nitrogens with zero attached hydrogens (tertiary/aromatic N) is 4. The molecule has 3 aliphatic rings. The van der Waals surface area contributed by atoms with Crippen molar-refractivity contribution in [3.8, 4) is 5.75 Å². The predicted octanol–water partition coefficient (Wildman–Crippen LogP) is 4.15. The third kappa shape index (κ3) is 4.51. The van der Waals surface area contributed by atoms with Gasteiger partial charge in [-0.2, -0.15) is 4.98 Å². The smallest absolute Gasteiger partial charge is 0.295 e. The third-order valence-electron chi connectivity index (χ3n) is 7.80. The topological polar surface area (TPSA) is 105 Å². The summed E-state index contributed by atoms with van der Waals surface area (Å²) >= 11 is 6.40. The van der Waals surface area contributed by atoms with E-state index in [1.165, 1.54) is 19.0 Å². The molecular formula is C26H29ClF2N6O3. The van der Waals surface area contributed by atoms with Gasteiger partial charge in [-0.3, -0.25) is 4.79 Å². The van der Waals surface area contributed by atoms with Gasteiger partial charge in [0.25, 0.3) is 11.5 Å². The van der Waals surface area contributed by atoms with E-state index in [1.807, 2.05) is 18.2 Å². The molecule has 4 heterocycles. The number of hydrogen-bond donors (Lipinski definition) is 3. The van der Waals surface area contributed by atoms with E-state index in [-0.39, 0.29) is 35.7 Å². The van der Waals surface area contributed by atoms with Crippen LogP contribution in [0.4, 0.5) is 31.9 Å². The average molecular weight is 547 g/mol. The number of aryl methyl sites for hydroxylation is 1. The highest BCUT2D eigenvalue weighted by atomic mass is 35.5. The highest BCUT2D eigenvalue weighted by molar-refractivity contribution is 6.32. The van der Waals surface area contributed by atoms with Crippen molar-refractivity contribution >= 4 is 45.6 Å². The molecule has 1 unspecified atom stereocenters. The molecule has 2 fully saturated rings. The molecule has 1 aliphatic carbocycles. The molecular weight excluding hydrogens is 518 g/mol. The first-order valence-corrected chi connectivity index (χ1v) is 13.2. The standard InChI is InChI=1S/C26H29ClF2N6O3/c1-34-20-5-4-16(10-17(20)21-22(24(34)37)38-9-6-19(32-21)14-2-3-14)31-23-18(27)11-30-25(33-23)35-8-7-26(28,29)15(12-35)13-36/h4-5,10-11,14-15,19,32,36H,2-3,6-9,12-13H2,1H3,(H,30,31,33)/t15-,19?/m0/s1. The zero-order valence-electron chi connectivity index (χ0n) is 20.9. The molecule has 38 heavy (non-hydrogen) atoms. The third-order valence-corrected chi connectivity index (χ3v) is 8.08. The van der Waals surface area contributed by atoms with Crippen LogP contribution >= 0.6 is 11.6 Å². The van der Waals surface area contributed by atoms with Crippen molar-refractivity contribution in [3.05, 3.63) is 39.8 Å². The monoisotopic (exact) mass is 546 g/mol. The molecule has 12 heteroatoms. The van der Waals surface area contributed by atoms with Crippen molar-refractivity contribution in [3.63, 3.8) is 0 Å². The van der Waals surface area contributed by atoms with Gasteiger partial charge in [0.2, 0.25) is 11.7 Å². The van der Waals surface area contributed by atoms with E-state index in [0.717, 1.165) is 17.3 Å². The molecule has 1 saturated carbocycles. The summed E-state index contributed by atoms with van der Waals surface area (Å²) < 4.78 is 35.7. The normalized spacial score (nSPS) is 22.8. The van der Waals surface area contributed by atoms with Gasteiger partial charge < -0.3 is 29.9 Å². The second kappa shape index (κ2) is 9.53. The van der Waals surface area contributed by atoms with Crippen molar-refractivity contribution < 1.29 is 18.6 Å². The van der Waals surface area contributed by atoms with Gasteiger partial charge in [-0.15, -0.1) is 0 Å². The fourth-order valence-corrected chi connectivity index (χ4v) is 5.50. The quantitative estimate of drug-likeness (QED) is 0.438. The second-order valence-corrected chi connectivity index (χ2v) is 10.8. The number of ether oxygens (including phenoxy) is 1. The lowest BCUT2D eigenvalue weighted by atomic mass is 9.94. The van der Waals surface area contributed by atoms with E-state index < -0.39 is 24.9 Å². The number of fused-ring (bicyclic) bond motifs is 3. The highest BCUT2D eigenvalue weighted by Crippen LogP contribution is 2.41. The molecule has 2 aromatic heterocycles. The zero-order valence-corrected chi connectivity index (χ0v) is 21.6. The Balaban J connectivity index is 1.34. The lowest BCUT2D eigenvalue weighted by molar-refractivity contribution is -0.0881. The average Bonchev–Trinajstić information content (AvgIpc) is 3.75. The molecule has 2 atom stereocenters. The van der Waals surface area contributed by atoms with Crippen LogP contribution in [0.25, 0.3) is 10.9 Å². The summed E-state index contributed by atoms with van der Waals surface area (Å²) in [4.78, 5) is 23.4. The van der Waals surface area contributed by atoms with Crippen LogP contribution in [0.15, 0.2) is 29.2 Å². The fraction of sp³-hybridized carbons (Fsp3) is 0.500. The van der Waals surface area contributed by atoms with Crippen LogP contribution in [0, 0.1) is 11.8 Å². The van der Waals surface area contributed by atoms with Gasteiger partial charge >= 0.3 is 0 Å². The minimum absolute atomic E-state index is 0.0610. The Kier molecular flexibility index (Phi) is 6.30. The Labute approximate surface area is 222 Å². The molecule has 0 bridgehead atoms. The van der Waals surface area contributed by atoms with Crippen LogP contribution < -0.4 is 25.8 Å². The number of alkyl halides is 2. The van der Waals surface area contributed by atoms with E-state index in [4.69, 9.17) is 16.3 Å². The van der Waals surface area contributed by atoms with Crippen molar-refractivity contribution in [1.82, 2.24) is 14.5 Å². The van der Waals surface area contributed by atoms with Crippen molar-refractivity contribution in [2.24, 2.45) is 18.9 Å². The van der Waals surface area contributed by atoms with Gasteiger partial charge in [0.15, 0.2) is 5.82 Å². The molecule has 1 aromatic carbocycles. The van der Waals surface area contributed by atoms with Gasteiger partial charge in [-0.25, -0.2) is 13.8 Å². The summed E-state index contributed by atoms with van der Waals surface area (Å²) in [5, 5.41) is 17.4. The Hall–Kier alpha value is -3.18. The number of rotatable bonds is 5. The molecule has 2 aliphatic heterocycles. The first kappa shape index (κ1) is 25.1. The maximum atomic E-state index is 14.1. The molecule has 1 saturated heterocycles. The summed E-state index contributed by atoms with van der Waals surface area (Å²) in [7, 11) is 1.72. The van der Waals surface area contributed by atoms with Crippen LogP contribution in [-0.4, -0.2) is 57.9 Å². The van der Waals surface area contributed by atoms with Crippen molar-refractivity contribution in [2.75, 3.05) is 41.8 Å². The molecule has 3 N–H and O–H groups in total. The lowest BCUT2D eigenvalue weighted by Crippen LogP contribution is -2.49. The molecule has 0 radical (unpaired) electrons. The fourth-order valence-electron chi connectivity index (χ4n) is 5.36. The first-order chi connectivity index (χ1) is 18.2. The predicted molar refractivity (Wildman–Crippen MR) is 142 cm³/mol. The van der Waals surface area contributed by atoms with Gasteiger partial charge in [-0.1, -0.05) is 11.6 Å². The summed E-state index contributed by atoms with van der Waals surface area (Å²) in [5.74, 6) is -2.64. The zero-order chi connectivity index (χ0) is 26.6. The lowest BCUT2D eigenvalue weighted by Gasteiger charge is -2.37. The molecule has 6 rings (SSSR count). The molecule has 202 valence electrons. The summed E-state index contributed by atoms with van der Waals surface area (Å²) in [6, 6.07) is 5.85. The van der Waals surface area contributed by atoms with E-state index in [1.54, 1.807) is 16.5 Å². The molecule has 3 aromatic rings. The molecule has 0 spiro atoms. The summed E-state index contributed by atoms with van der Waals surface area (Å²) in [6.45, 7) is -0.132. The number of hydrogen-bond acceptors (Lipinski definition) is 8. The van der Waals surface area contributed by atoms with Gasteiger partial charge in [0.1, 0.15) is 5.02 Å². The number of benzene rings is 1. The van der Waals surface area contributed by atoms with Crippen molar-refractivity contribution in [2.45, 2.75) is 37.6 Å². The number of aliphatic hydroxyl groups excluding tert-OH is 1. The Morgan fingerprint density at radius 1 is 1.32 bits per heavy atom. The summed E-state index contributed by atoms with van der Waals surface area (Å²) in [6.07, 6.45) is 4.22. The molecule has 0 amide bonds. The van der Waals surface area contributed by atoms with Crippen LogP contribution in [0.1, 0.15) is 25.7 Å². The number of nitrogens with one attached hydrogen (secondary N) is 2. The van der Waals surface area contributed by atoms with E-state index in [2.05, 4.69) is 20.6 Å². The summed E-state index contributed by atoms with van der Waals surface area (Å²) in [5.41, 5.74) is 1.94. The Bertz CT molecular complexity index is 1450. The first-order valence-electron chi connectivity index (χ1n) is 12.8. The van der Waals surface area contributed by atoms with Crippen LogP contribution in [0.5, 0.6) is 5.75 Å². The van der Waals surface area contributed by atoms with E-state index >= 15 is 0 Å². The van der Waals surface area contributed by atoms with Gasteiger partial charge in [0, 0.05) is 50.1 Å². The van der Waals surface area contributed by atoms with Gasteiger partial charge in [0.05, 0.1) is 36.5 Å². The number of anilines is 4. The number of aliphatic hydroxyl groups is 1. The number of pyridine rings is 1. The number of halogens is 3. The Morgan fingerprint density at radius 3 is 2.89 bits per heavy atom. The highest BCUT2D eigenvalue weighted by Gasteiger charge is 2.44. The van der Waals surface area contributed by atoms with Crippen LogP contribution in [0.3, 0.4) is 0 Å². The number of piperidine rings is 1. The van der Waals surface area contributed by atoms with E-state index in [0.29, 0.717) is 35.5 Å². The maximum absolute atomic E-state index is 14.1. The van der Waals surface area contributed by atoms with E-state index in [9.17, 15) is 18.7 Å². The SMILES string of the molecule is Cn1c(=O)c2c(c3cc(Nc4nc(N5CCC(F)(F)[C@H](CO)C5)ncc4Cl)ccc31)NC(C1CC1)CCO2. The number of aromatic nitrogens is 3. The minimum Gasteiger partial charge on any atom is -0.486 e. The second-order valence-electron chi connectivity index (χ2n) is 10.4. The van der Waals surface area contributed by atoms with Crippen molar-refractivity contribution in [1.29, 1.82) is 0 Å². The molecule has 9 nitrogen and oxygen atoms in total. The maximum Gasteiger partial charge on any atom is 0.295 e. The van der Waals surface area contributed by atoms with Gasteiger partial charge in [-0.05, 0) is 37.0 Å². The van der Waals surface area contributed by atoms with Crippen LogP contribution in [0.2, 0.25) is 5.02 Å². The van der Waals surface area contributed by atoms with Crippen LogP contribution in [-0.2, 0) is 7.05 Å². The largest absolute Gasteiger partial charge is 0.486 e.